The van der Waals surface area contributed by atoms with E-state index in [1.165, 1.54) is 49.5 Å². The number of anilines is 1. The van der Waals surface area contributed by atoms with Crippen LogP contribution in [0.3, 0.4) is 0 Å². The molecular formula is C27H22F5N3O6. The summed E-state index contributed by atoms with van der Waals surface area (Å²) in [7, 11) is 1.39. The van der Waals surface area contributed by atoms with Gasteiger partial charge in [0.2, 0.25) is 5.88 Å². The fourth-order valence-electron chi connectivity index (χ4n) is 5.79. The van der Waals surface area contributed by atoms with Gasteiger partial charge >= 0.3 is 18.4 Å². The highest BCUT2D eigenvalue weighted by molar-refractivity contribution is 6.06. The normalized spacial score (nSPS) is 23.7. The molecule has 9 nitrogen and oxygen atoms in total. The monoisotopic (exact) mass is 579 g/mol. The van der Waals surface area contributed by atoms with Crippen molar-refractivity contribution in [3.05, 3.63) is 59.8 Å². The molecule has 41 heavy (non-hydrogen) atoms. The van der Waals surface area contributed by atoms with Crippen molar-refractivity contribution in [2.75, 3.05) is 18.6 Å². The highest BCUT2D eigenvalue weighted by Gasteiger charge is 2.64. The molecule has 2 aromatic carbocycles. The Morgan fingerprint density at radius 2 is 1.90 bits per heavy atom. The summed E-state index contributed by atoms with van der Waals surface area (Å²) < 4.78 is 82.9. The highest BCUT2D eigenvalue weighted by atomic mass is 19.4. The third kappa shape index (κ3) is 4.50. The number of halogens is 5. The molecule has 0 bridgehead atoms. The Kier molecular flexibility index (Phi) is 5.94. The van der Waals surface area contributed by atoms with E-state index in [-0.39, 0.29) is 52.8 Å². The fraction of sp³-hybridized carbons (Fsp3) is 0.370. The molecule has 1 amide bonds. The Hall–Kier alpha value is -4.36. The second-order valence-corrected chi connectivity index (χ2v) is 10.4. The Labute approximate surface area is 229 Å². The van der Waals surface area contributed by atoms with Gasteiger partial charge in [0, 0.05) is 30.4 Å². The molecule has 6 rings (SSSR count). The predicted molar refractivity (Wildman–Crippen MR) is 130 cm³/mol. The van der Waals surface area contributed by atoms with Crippen molar-refractivity contribution in [2.24, 2.45) is 17.3 Å². The first-order valence-corrected chi connectivity index (χ1v) is 12.6. The van der Waals surface area contributed by atoms with Crippen molar-refractivity contribution in [1.82, 2.24) is 9.78 Å². The number of carbonyl (C=O) groups excluding carboxylic acids is 1. The first kappa shape index (κ1) is 26.8. The molecule has 0 saturated heterocycles. The van der Waals surface area contributed by atoms with E-state index >= 15 is 0 Å². The molecule has 2 heterocycles. The zero-order valence-corrected chi connectivity index (χ0v) is 21.3. The van der Waals surface area contributed by atoms with Crippen molar-refractivity contribution >= 4 is 17.6 Å². The molecule has 3 aliphatic rings. The number of ether oxygens (including phenoxy) is 3. The van der Waals surface area contributed by atoms with Gasteiger partial charge in [-0.1, -0.05) is 6.07 Å². The molecule has 3 aromatic rings. The number of benzene rings is 2. The molecular weight excluding hydrogens is 557 g/mol. The molecule has 0 radical (unpaired) electrons. The largest absolute Gasteiger partial charge is 0.586 e. The van der Waals surface area contributed by atoms with E-state index < -0.39 is 35.5 Å². The number of aromatic nitrogens is 2. The van der Waals surface area contributed by atoms with Crippen LogP contribution in [0.25, 0.3) is 5.69 Å². The van der Waals surface area contributed by atoms with Gasteiger partial charge < -0.3 is 24.2 Å². The second-order valence-electron chi connectivity index (χ2n) is 10.4. The lowest BCUT2D eigenvalue weighted by Gasteiger charge is -2.60. The van der Waals surface area contributed by atoms with E-state index in [1.807, 2.05) is 0 Å². The quantitative estimate of drug-likeness (QED) is 0.376. The van der Waals surface area contributed by atoms with Crippen LogP contribution >= 0.6 is 0 Å². The third-order valence-corrected chi connectivity index (χ3v) is 8.06. The summed E-state index contributed by atoms with van der Waals surface area (Å²) >= 11 is 0. The number of hydrogen-bond acceptors (Lipinski definition) is 6. The first-order chi connectivity index (χ1) is 19.3. The molecule has 3 unspecified atom stereocenters. The van der Waals surface area contributed by atoms with Crippen LogP contribution in [0.1, 0.15) is 35.3 Å². The second kappa shape index (κ2) is 9.08. The summed E-state index contributed by atoms with van der Waals surface area (Å²) in [5, 5.41) is 13.2. The minimum atomic E-state index is -4.77. The lowest BCUT2D eigenvalue weighted by Crippen LogP contribution is -2.61. The summed E-state index contributed by atoms with van der Waals surface area (Å²) in [4.78, 5) is 26.0. The van der Waals surface area contributed by atoms with Crippen LogP contribution in [0.2, 0.25) is 0 Å². The SMILES string of the molecule is CN(C(=O)c1cccc(-n2nc(C(F)(F)F)cc2OCC2CC3(C(=O)O)CCC23)c1)c1ccc2c(c1)OC(F)(F)O2. The van der Waals surface area contributed by atoms with Crippen molar-refractivity contribution in [2.45, 2.75) is 31.7 Å². The summed E-state index contributed by atoms with van der Waals surface area (Å²) in [5.74, 6) is -2.31. The Morgan fingerprint density at radius 3 is 2.56 bits per heavy atom. The average molecular weight is 579 g/mol. The number of amides is 1. The highest BCUT2D eigenvalue weighted by Crippen LogP contribution is 2.64. The van der Waals surface area contributed by atoms with Gasteiger partial charge in [-0.3, -0.25) is 9.59 Å². The maximum absolute atomic E-state index is 13.6. The van der Waals surface area contributed by atoms with Crippen molar-refractivity contribution in [3.63, 3.8) is 0 Å². The van der Waals surface area contributed by atoms with E-state index in [0.717, 1.165) is 22.1 Å². The Bertz CT molecular complexity index is 1560. The average Bonchev–Trinajstić information content (AvgIpc) is 3.47. The van der Waals surface area contributed by atoms with Crippen molar-refractivity contribution in [3.8, 4) is 23.1 Å². The van der Waals surface area contributed by atoms with Gasteiger partial charge in [0.25, 0.3) is 5.91 Å². The first-order valence-electron chi connectivity index (χ1n) is 12.6. The van der Waals surface area contributed by atoms with Crippen LogP contribution < -0.4 is 19.1 Å². The van der Waals surface area contributed by atoms with E-state index in [4.69, 9.17) is 4.74 Å². The van der Waals surface area contributed by atoms with Gasteiger partial charge in [0.1, 0.15) is 0 Å². The number of aliphatic carboxylic acids is 1. The van der Waals surface area contributed by atoms with Crippen LogP contribution in [0.15, 0.2) is 48.5 Å². The molecule has 216 valence electrons. The number of carbonyl (C=O) groups is 2. The molecule has 0 spiro atoms. The molecule has 2 aliphatic carbocycles. The summed E-state index contributed by atoms with van der Waals surface area (Å²) in [6, 6.07) is 10.2. The van der Waals surface area contributed by atoms with Gasteiger partial charge in [0.05, 0.1) is 17.7 Å². The maximum Gasteiger partial charge on any atom is 0.586 e. The topological polar surface area (TPSA) is 103 Å². The fourth-order valence-corrected chi connectivity index (χ4v) is 5.79. The minimum Gasteiger partial charge on any atom is -0.481 e. The van der Waals surface area contributed by atoms with Gasteiger partial charge in [-0.25, -0.2) is 4.68 Å². The standard InChI is InChI=1S/C27H22F5N3O6/c1-34(16-5-6-19-20(10-16)41-27(31,32)40-19)23(36)14-3-2-4-17(9-14)35-22(11-21(33-35)26(28,29)30)39-13-15-12-25(24(37)38)8-7-18(15)25/h2-6,9-11,15,18H,7-8,12-13H2,1H3,(H,37,38). The zero-order valence-electron chi connectivity index (χ0n) is 21.3. The van der Waals surface area contributed by atoms with E-state index in [0.29, 0.717) is 12.8 Å². The zero-order chi connectivity index (χ0) is 29.3. The summed E-state index contributed by atoms with van der Waals surface area (Å²) in [6.45, 7) is 0.0210. The van der Waals surface area contributed by atoms with Crippen molar-refractivity contribution < 1.29 is 50.9 Å². The van der Waals surface area contributed by atoms with Gasteiger partial charge in [0.15, 0.2) is 17.2 Å². The summed E-state index contributed by atoms with van der Waals surface area (Å²) in [5.41, 5.74) is -1.57. The van der Waals surface area contributed by atoms with Crippen LogP contribution in [0.5, 0.6) is 17.4 Å². The van der Waals surface area contributed by atoms with Crippen LogP contribution in [0, 0.1) is 17.3 Å². The molecule has 3 atom stereocenters. The van der Waals surface area contributed by atoms with Crippen LogP contribution in [-0.2, 0) is 11.0 Å². The number of hydrogen-bond donors (Lipinski definition) is 1. The molecule has 1 aliphatic heterocycles. The molecule has 2 saturated carbocycles. The molecule has 14 heteroatoms. The number of carboxylic acid groups (broad SMARTS) is 1. The van der Waals surface area contributed by atoms with E-state index in [1.54, 1.807) is 0 Å². The predicted octanol–water partition coefficient (Wildman–Crippen LogP) is 5.37. The van der Waals surface area contributed by atoms with E-state index in [2.05, 4.69) is 14.6 Å². The number of rotatable bonds is 7. The maximum atomic E-state index is 13.6. The smallest absolute Gasteiger partial charge is 0.481 e. The lowest BCUT2D eigenvalue weighted by molar-refractivity contribution is -0.286. The third-order valence-electron chi connectivity index (χ3n) is 8.06. The van der Waals surface area contributed by atoms with E-state index in [9.17, 15) is 36.6 Å². The van der Waals surface area contributed by atoms with Crippen LogP contribution in [-0.4, -0.2) is 46.7 Å². The number of carboxylic acids is 1. The van der Waals surface area contributed by atoms with Gasteiger partial charge in [-0.15, -0.1) is 8.78 Å². The van der Waals surface area contributed by atoms with Gasteiger partial charge in [-0.2, -0.15) is 18.3 Å². The number of alkyl halides is 5. The lowest BCUT2D eigenvalue weighted by atomic mass is 9.43. The number of fused-ring (bicyclic) bond motifs is 2. The molecule has 1 aromatic heterocycles. The molecule has 2 fully saturated rings. The van der Waals surface area contributed by atoms with Gasteiger partial charge in [-0.05, 0) is 61.4 Å². The Balaban J connectivity index is 1.23. The van der Waals surface area contributed by atoms with Crippen LogP contribution in [0.4, 0.5) is 27.6 Å². The Morgan fingerprint density at radius 1 is 1.15 bits per heavy atom. The molecule has 1 N–H and O–H groups in total. The number of nitrogens with zero attached hydrogens (tertiary/aromatic N) is 3. The minimum absolute atomic E-state index is 0.0210. The summed E-state index contributed by atoms with van der Waals surface area (Å²) in [6.07, 6.45) is -6.91. The van der Waals surface area contributed by atoms with Crippen molar-refractivity contribution in [1.29, 1.82) is 0 Å².